The summed E-state index contributed by atoms with van der Waals surface area (Å²) in [7, 11) is 0. The molecule has 1 aliphatic rings. The number of imidazole rings is 1. The number of ketones is 1. The highest BCUT2D eigenvalue weighted by Crippen LogP contribution is 2.31. The molecule has 1 saturated heterocycles. The first-order valence-corrected chi connectivity index (χ1v) is 9.48. The van der Waals surface area contributed by atoms with Gasteiger partial charge in [0, 0.05) is 12.1 Å². The fraction of sp³-hybridized carbons (Fsp3) is 0.350. The molecule has 1 aromatic carbocycles. The van der Waals surface area contributed by atoms with Crippen molar-refractivity contribution >= 4 is 28.7 Å². The SMILES string of the molecule is CC(=O)COCc1nc2nc(-c3ccccc3)nc(N3CCC[C@H]3C(N)=O)c2[nH]1. The molecule has 3 aromatic rings. The average Bonchev–Trinajstić information content (AvgIpc) is 3.34. The van der Waals surface area contributed by atoms with E-state index in [9.17, 15) is 9.59 Å². The number of hydrogen-bond donors (Lipinski definition) is 2. The number of Topliss-reactive ketones (excluding diaryl/α,β-unsaturated/α-hetero) is 1. The monoisotopic (exact) mass is 394 g/mol. The lowest BCUT2D eigenvalue weighted by Crippen LogP contribution is -2.41. The Morgan fingerprint density at radius 3 is 2.76 bits per heavy atom. The van der Waals surface area contributed by atoms with Crippen molar-refractivity contribution in [2.45, 2.75) is 32.4 Å². The summed E-state index contributed by atoms with van der Waals surface area (Å²) >= 11 is 0. The Morgan fingerprint density at radius 2 is 2.03 bits per heavy atom. The number of hydrogen-bond acceptors (Lipinski definition) is 7. The summed E-state index contributed by atoms with van der Waals surface area (Å²) < 4.78 is 5.37. The number of nitrogens with one attached hydrogen (secondary N) is 1. The highest BCUT2D eigenvalue weighted by Gasteiger charge is 2.32. The van der Waals surface area contributed by atoms with Gasteiger partial charge in [-0.3, -0.25) is 9.59 Å². The van der Waals surface area contributed by atoms with Gasteiger partial charge in [-0.2, -0.15) is 0 Å². The first-order chi connectivity index (χ1) is 14.0. The topological polar surface area (TPSA) is 127 Å². The summed E-state index contributed by atoms with van der Waals surface area (Å²) in [6.45, 7) is 2.30. The van der Waals surface area contributed by atoms with Gasteiger partial charge >= 0.3 is 0 Å². The lowest BCUT2D eigenvalue weighted by atomic mass is 10.2. The molecule has 3 N–H and O–H groups in total. The number of fused-ring (bicyclic) bond motifs is 1. The number of H-pyrrole nitrogens is 1. The van der Waals surface area contributed by atoms with Crippen LogP contribution in [0.5, 0.6) is 0 Å². The number of carbonyl (C=O) groups excluding carboxylic acids is 2. The van der Waals surface area contributed by atoms with E-state index in [4.69, 9.17) is 15.5 Å². The maximum absolute atomic E-state index is 11.9. The van der Waals surface area contributed by atoms with Crippen molar-refractivity contribution in [2.24, 2.45) is 5.73 Å². The molecule has 2 aromatic heterocycles. The minimum Gasteiger partial charge on any atom is -0.368 e. The second kappa shape index (κ2) is 7.96. The zero-order chi connectivity index (χ0) is 20.4. The van der Waals surface area contributed by atoms with Crippen LogP contribution in [0.15, 0.2) is 30.3 Å². The van der Waals surface area contributed by atoms with E-state index in [1.165, 1.54) is 6.92 Å². The van der Waals surface area contributed by atoms with Gasteiger partial charge in [-0.1, -0.05) is 30.3 Å². The Bertz CT molecular complexity index is 1050. The van der Waals surface area contributed by atoms with E-state index >= 15 is 0 Å². The van der Waals surface area contributed by atoms with Crippen LogP contribution in [0.2, 0.25) is 0 Å². The Hall–Kier alpha value is -3.33. The Kier molecular flexibility index (Phi) is 5.22. The summed E-state index contributed by atoms with van der Waals surface area (Å²) in [5.74, 6) is 1.22. The highest BCUT2D eigenvalue weighted by atomic mass is 16.5. The van der Waals surface area contributed by atoms with Crippen LogP contribution in [0.25, 0.3) is 22.6 Å². The third kappa shape index (κ3) is 3.95. The molecule has 9 nitrogen and oxygen atoms in total. The normalized spacial score (nSPS) is 16.4. The van der Waals surface area contributed by atoms with Crippen LogP contribution in [0.4, 0.5) is 5.82 Å². The maximum atomic E-state index is 11.9. The summed E-state index contributed by atoms with van der Waals surface area (Å²) in [6.07, 6.45) is 1.53. The van der Waals surface area contributed by atoms with Crippen LogP contribution >= 0.6 is 0 Å². The number of primary amides is 1. The van der Waals surface area contributed by atoms with Crippen LogP contribution in [-0.2, 0) is 20.9 Å². The van der Waals surface area contributed by atoms with Crippen LogP contribution in [0.1, 0.15) is 25.6 Å². The van der Waals surface area contributed by atoms with Gasteiger partial charge in [0.25, 0.3) is 0 Å². The van der Waals surface area contributed by atoms with Gasteiger partial charge in [0.15, 0.2) is 23.1 Å². The van der Waals surface area contributed by atoms with Crippen molar-refractivity contribution < 1.29 is 14.3 Å². The number of nitrogens with zero attached hydrogens (tertiary/aromatic N) is 4. The van der Waals surface area contributed by atoms with Gasteiger partial charge in [-0.15, -0.1) is 0 Å². The fourth-order valence-electron chi connectivity index (χ4n) is 3.53. The summed E-state index contributed by atoms with van der Waals surface area (Å²) in [5.41, 5.74) is 7.57. The molecule has 0 bridgehead atoms. The fourth-order valence-corrected chi connectivity index (χ4v) is 3.53. The zero-order valence-corrected chi connectivity index (χ0v) is 16.1. The number of anilines is 1. The molecule has 1 aliphatic heterocycles. The molecule has 9 heteroatoms. The van der Waals surface area contributed by atoms with E-state index in [0.717, 1.165) is 12.0 Å². The summed E-state index contributed by atoms with van der Waals surface area (Å²) in [5, 5.41) is 0. The predicted octanol–water partition coefficient (Wildman–Crippen LogP) is 1.58. The third-order valence-electron chi connectivity index (χ3n) is 4.81. The van der Waals surface area contributed by atoms with Crippen LogP contribution in [0, 0.1) is 0 Å². The second-order valence-corrected chi connectivity index (χ2v) is 7.07. The quantitative estimate of drug-likeness (QED) is 0.623. The Morgan fingerprint density at radius 1 is 1.24 bits per heavy atom. The zero-order valence-electron chi connectivity index (χ0n) is 16.1. The molecule has 29 heavy (non-hydrogen) atoms. The smallest absolute Gasteiger partial charge is 0.240 e. The largest absolute Gasteiger partial charge is 0.368 e. The summed E-state index contributed by atoms with van der Waals surface area (Å²) in [4.78, 5) is 42.0. The number of ether oxygens (including phenoxy) is 1. The van der Waals surface area contributed by atoms with Crippen LogP contribution in [-0.4, -0.2) is 50.8 Å². The number of carbonyl (C=O) groups is 2. The van der Waals surface area contributed by atoms with Crippen molar-refractivity contribution in [3.8, 4) is 11.4 Å². The van der Waals surface area contributed by atoms with Crippen molar-refractivity contribution in [3.05, 3.63) is 36.2 Å². The number of benzene rings is 1. The van der Waals surface area contributed by atoms with E-state index in [1.54, 1.807) is 0 Å². The molecule has 0 unspecified atom stereocenters. The standard InChI is InChI=1S/C20H22N6O3/c1-12(27)10-29-11-15-22-16-19(23-15)24-18(13-6-3-2-4-7-13)25-20(16)26-9-5-8-14(26)17(21)28/h2-4,6-7,14H,5,8-11H2,1H3,(H2,21,28)(H,22,23,24,25)/t14-/m0/s1. The van der Waals surface area contributed by atoms with Crippen molar-refractivity contribution in [1.29, 1.82) is 0 Å². The minimum atomic E-state index is -0.419. The van der Waals surface area contributed by atoms with E-state index < -0.39 is 6.04 Å². The first-order valence-electron chi connectivity index (χ1n) is 9.48. The Labute approximate surface area is 167 Å². The van der Waals surface area contributed by atoms with E-state index in [1.807, 2.05) is 35.2 Å². The molecular weight excluding hydrogens is 372 g/mol. The number of aromatic amines is 1. The van der Waals surface area contributed by atoms with Crippen LogP contribution < -0.4 is 10.6 Å². The molecule has 0 aliphatic carbocycles. The molecule has 4 rings (SSSR count). The highest BCUT2D eigenvalue weighted by molar-refractivity contribution is 5.90. The number of nitrogens with two attached hydrogens (primary N) is 1. The molecular formula is C20H22N6O3. The molecule has 1 fully saturated rings. The number of rotatable bonds is 7. The lowest BCUT2D eigenvalue weighted by molar-refractivity contribution is -0.122. The van der Waals surface area contributed by atoms with Crippen molar-refractivity contribution in [1.82, 2.24) is 19.9 Å². The summed E-state index contributed by atoms with van der Waals surface area (Å²) in [6, 6.07) is 9.17. The number of aromatic nitrogens is 4. The van der Waals surface area contributed by atoms with Gasteiger partial charge in [0.1, 0.15) is 30.6 Å². The van der Waals surface area contributed by atoms with Crippen molar-refractivity contribution in [2.75, 3.05) is 18.1 Å². The molecule has 0 radical (unpaired) electrons. The molecule has 3 heterocycles. The van der Waals surface area contributed by atoms with Gasteiger partial charge < -0.3 is 20.4 Å². The number of amides is 1. The van der Waals surface area contributed by atoms with Gasteiger partial charge in [0.2, 0.25) is 5.91 Å². The first kappa shape index (κ1) is 19.0. The molecule has 0 saturated carbocycles. The third-order valence-corrected chi connectivity index (χ3v) is 4.81. The van der Waals surface area contributed by atoms with E-state index in [0.29, 0.717) is 41.6 Å². The van der Waals surface area contributed by atoms with Crippen molar-refractivity contribution in [3.63, 3.8) is 0 Å². The van der Waals surface area contributed by atoms with Gasteiger partial charge in [-0.05, 0) is 19.8 Å². The Balaban J connectivity index is 1.79. The van der Waals surface area contributed by atoms with Gasteiger partial charge in [-0.25, -0.2) is 15.0 Å². The lowest BCUT2D eigenvalue weighted by Gasteiger charge is -2.23. The average molecular weight is 394 g/mol. The van der Waals surface area contributed by atoms with Gasteiger partial charge in [0.05, 0.1) is 0 Å². The van der Waals surface area contributed by atoms with Crippen LogP contribution in [0.3, 0.4) is 0 Å². The molecule has 1 amide bonds. The van der Waals surface area contributed by atoms with E-state index in [-0.39, 0.29) is 24.9 Å². The van der Waals surface area contributed by atoms with E-state index in [2.05, 4.69) is 15.0 Å². The molecule has 0 spiro atoms. The minimum absolute atomic E-state index is 0.0146. The molecule has 1 atom stereocenters. The maximum Gasteiger partial charge on any atom is 0.240 e. The predicted molar refractivity (Wildman–Crippen MR) is 107 cm³/mol. The second-order valence-electron chi connectivity index (χ2n) is 7.07. The molecule has 150 valence electrons.